The van der Waals surface area contributed by atoms with Crippen LogP contribution in [0.25, 0.3) is 0 Å². The number of benzene rings is 2. The van der Waals surface area contributed by atoms with Crippen molar-refractivity contribution in [3.05, 3.63) is 58.1 Å². The molecule has 3 nitrogen and oxygen atoms in total. The van der Waals surface area contributed by atoms with Gasteiger partial charge in [-0.3, -0.25) is 4.79 Å². The molecule has 2 N–H and O–H groups in total. The van der Waals surface area contributed by atoms with E-state index in [0.717, 1.165) is 21.4 Å². The van der Waals surface area contributed by atoms with E-state index in [1.54, 1.807) is 0 Å². The molecule has 4 heteroatoms. The average molecular weight is 361 g/mol. The smallest absolute Gasteiger partial charge is 0.243 e. The lowest BCUT2D eigenvalue weighted by molar-refractivity contribution is -0.114. The molecule has 0 aromatic heterocycles. The van der Waals surface area contributed by atoms with Crippen molar-refractivity contribution in [2.45, 2.75) is 26.7 Å². The Kier molecular flexibility index (Phi) is 5.61. The van der Waals surface area contributed by atoms with Crippen molar-refractivity contribution in [1.82, 2.24) is 0 Å². The van der Waals surface area contributed by atoms with Gasteiger partial charge in [0, 0.05) is 15.8 Å². The number of carbonyl (C=O) groups excluding carboxylic acids is 1. The third-order valence-electron chi connectivity index (χ3n) is 3.42. The Balaban J connectivity index is 1.99. The summed E-state index contributed by atoms with van der Waals surface area (Å²) in [6.45, 7) is 6.50. The molecule has 0 spiro atoms. The summed E-state index contributed by atoms with van der Waals surface area (Å²) in [5.74, 6) is 0.316. The van der Waals surface area contributed by atoms with Crippen LogP contribution in [-0.4, -0.2) is 12.5 Å². The summed E-state index contributed by atoms with van der Waals surface area (Å²) in [5.41, 5.74) is 4.12. The van der Waals surface area contributed by atoms with Crippen LogP contribution in [0, 0.1) is 6.92 Å². The summed E-state index contributed by atoms with van der Waals surface area (Å²) < 4.78 is 0.961. The molecule has 2 aromatic carbocycles. The third-order valence-corrected chi connectivity index (χ3v) is 4.08. The van der Waals surface area contributed by atoms with Crippen molar-refractivity contribution in [2.24, 2.45) is 0 Å². The predicted molar refractivity (Wildman–Crippen MR) is 96.5 cm³/mol. The maximum atomic E-state index is 12.1. The quantitative estimate of drug-likeness (QED) is 0.793. The van der Waals surface area contributed by atoms with Crippen molar-refractivity contribution >= 4 is 33.2 Å². The number of nitrogens with one attached hydrogen (secondary N) is 2. The van der Waals surface area contributed by atoms with Crippen LogP contribution in [0.4, 0.5) is 11.4 Å². The zero-order chi connectivity index (χ0) is 16.1. The van der Waals surface area contributed by atoms with E-state index in [2.05, 4.69) is 40.4 Å². The normalized spacial score (nSPS) is 10.6. The molecule has 2 aromatic rings. The first-order valence-corrected chi connectivity index (χ1v) is 8.15. The number of carbonyl (C=O) groups is 1. The van der Waals surface area contributed by atoms with Crippen LogP contribution in [0.2, 0.25) is 0 Å². The number of amides is 1. The predicted octanol–water partition coefficient (Wildman–Crippen LogP) is 4.93. The Bertz CT molecular complexity index is 668. The van der Waals surface area contributed by atoms with Gasteiger partial charge in [0.1, 0.15) is 0 Å². The molecule has 1 amide bonds. The van der Waals surface area contributed by atoms with Crippen LogP contribution >= 0.6 is 15.9 Å². The van der Waals surface area contributed by atoms with Crippen LogP contribution in [0.1, 0.15) is 30.9 Å². The van der Waals surface area contributed by atoms with E-state index in [1.807, 2.05) is 49.4 Å². The second kappa shape index (κ2) is 7.45. The molecule has 0 unspecified atom stereocenters. The minimum absolute atomic E-state index is 0.0550. The molecule has 0 aliphatic heterocycles. The van der Waals surface area contributed by atoms with Crippen molar-refractivity contribution in [2.75, 3.05) is 17.2 Å². The molecule has 0 bridgehead atoms. The highest BCUT2D eigenvalue weighted by atomic mass is 79.9. The molecule has 0 aliphatic rings. The Hall–Kier alpha value is -1.81. The monoisotopic (exact) mass is 360 g/mol. The van der Waals surface area contributed by atoms with Gasteiger partial charge in [0.15, 0.2) is 0 Å². The van der Waals surface area contributed by atoms with E-state index < -0.39 is 0 Å². The highest BCUT2D eigenvalue weighted by molar-refractivity contribution is 9.10. The molecule has 0 heterocycles. The van der Waals surface area contributed by atoms with Crippen molar-refractivity contribution in [3.63, 3.8) is 0 Å². The first-order chi connectivity index (χ1) is 10.5. The van der Waals surface area contributed by atoms with Crippen LogP contribution in [0.15, 0.2) is 46.9 Å². The van der Waals surface area contributed by atoms with Gasteiger partial charge in [-0.15, -0.1) is 0 Å². The van der Waals surface area contributed by atoms with E-state index in [9.17, 15) is 4.79 Å². The molecule has 0 atom stereocenters. The number of anilines is 2. The summed E-state index contributed by atoms with van der Waals surface area (Å²) in [5, 5.41) is 6.13. The SMILES string of the molecule is Cc1ccc(NCC(=O)Nc2ccccc2C(C)C)c(Br)c1. The molecule has 0 saturated carbocycles. The molecule has 2 rings (SSSR count). The fourth-order valence-corrected chi connectivity index (χ4v) is 2.88. The third kappa shape index (κ3) is 4.34. The van der Waals surface area contributed by atoms with Crippen molar-refractivity contribution < 1.29 is 4.79 Å². The molecule has 0 radical (unpaired) electrons. The zero-order valence-corrected chi connectivity index (χ0v) is 14.7. The zero-order valence-electron chi connectivity index (χ0n) is 13.1. The van der Waals surface area contributed by atoms with Crippen LogP contribution in [0.3, 0.4) is 0 Å². The van der Waals surface area contributed by atoms with Gasteiger partial charge < -0.3 is 10.6 Å². The van der Waals surface area contributed by atoms with Gasteiger partial charge in [-0.05, 0) is 58.1 Å². The maximum absolute atomic E-state index is 12.1. The van der Waals surface area contributed by atoms with Crippen molar-refractivity contribution in [1.29, 1.82) is 0 Å². The first kappa shape index (κ1) is 16.6. The summed E-state index contributed by atoms with van der Waals surface area (Å²) >= 11 is 3.50. The topological polar surface area (TPSA) is 41.1 Å². The van der Waals surface area contributed by atoms with E-state index >= 15 is 0 Å². The minimum Gasteiger partial charge on any atom is -0.375 e. The van der Waals surface area contributed by atoms with Gasteiger partial charge in [-0.1, -0.05) is 38.1 Å². The summed E-state index contributed by atoms with van der Waals surface area (Å²) in [6.07, 6.45) is 0. The highest BCUT2D eigenvalue weighted by Gasteiger charge is 2.09. The lowest BCUT2D eigenvalue weighted by Crippen LogP contribution is -2.22. The number of hydrogen-bond donors (Lipinski definition) is 2. The van der Waals surface area contributed by atoms with Gasteiger partial charge in [0.2, 0.25) is 5.91 Å². The van der Waals surface area contributed by atoms with E-state index in [0.29, 0.717) is 5.92 Å². The number of aryl methyl sites for hydroxylation is 1. The maximum Gasteiger partial charge on any atom is 0.243 e. The lowest BCUT2D eigenvalue weighted by atomic mass is 10.0. The Morgan fingerprint density at radius 2 is 1.86 bits per heavy atom. The molecular formula is C18H21BrN2O. The van der Waals surface area contributed by atoms with E-state index in [4.69, 9.17) is 0 Å². The average Bonchev–Trinajstić information content (AvgIpc) is 2.46. The minimum atomic E-state index is -0.0550. The number of para-hydroxylation sites is 1. The summed E-state index contributed by atoms with van der Waals surface area (Å²) in [7, 11) is 0. The molecule has 0 fully saturated rings. The number of hydrogen-bond acceptors (Lipinski definition) is 2. The first-order valence-electron chi connectivity index (χ1n) is 7.36. The van der Waals surface area contributed by atoms with Crippen LogP contribution in [0.5, 0.6) is 0 Å². The van der Waals surface area contributed by atoms with Gasteiger partial charge in [-0.25, -0.2) is 0 Å². The van der Waals surface area contributed by atoms with Gasteiger partial charge in [-0.2, -0.15) is 0 Å². The Morgan fingerprint density at radius 3 is 2.55 bits per heavy atom. The highest BCUT2D eigenvalue weighted by Crippen LogP contribution is 2.24. The fraction of sp³-hybridized carbons (Fsp3) is 0.278. The molecule has 0 saturated heterocycles. The summed E-state index contributed by atoms with van der Waals surface area (Å²) in [4.78, 5) is 12.1. The van der Waals surface area contributed by atoms with Gasteiger partial charge in [0.05, 0.1) is 6.54 Å². The lowest BCUT2D eigenvalue weighted by Gasteiger charge is -2.14. The summed E-state index contributed by atoms with van der Waals surface area (Å²) in [6, 6.07) is 13.9. The van der Waals surface area contributed by atoms with Gasteiger partial charge in [0.25, 0.3) is 0 Å². The Labute approximate surface area is 140 Å². The van der Waals surface area contributed by atoms with E-state index in [-0.39, 0.29) is 12.5 Å². The molecule has 0 aliphatic carbocycles. The van der Waals surface area contributed by atoms with E-state index in [1.165, 1.54) is 5.56 Å². The van der Waals surface area contributed by atoms with Gasteiger partial charge >= 0.3 is 0 Å². The largest absolute Gasteiger partial charge is 0.375 e. The Morgan fingerprint density at radius 1 is 1.14 bits per heavy atom. The number of halogens is 1. The van der Waals surface area contributed by atoms with Crippen LogP contribution in [-0.2, 0) is 4.79 Å². The molecule has 22 heavy (non-hydrogen) atoms. The second-order valence-electron chi connectivity index (χ2n) is 5.63. The number of rotatable bonds is 5. The molecule has 116 valence electrons. The molecular weight excluding hydrogens is 340 g/mol. The van der Waals surface area contributed by atoms with Crippen molar-refractivity contribution in [3.8, 4) is 0 Å². The fourth-order valence-electron chi connectivity index (χ4n) is 2.25. The standard InChI is InChI=1S/C18H21BrN2O/c1-12(2)14-6-4-5-7-16(14)21-18(22)11-20-17-9-8-13(3)10-15(17)19/h4-10,12,20H,11H2,1-3H3,(H,21,22). The van der Waals surface area contributed by atoms with Crippen LogP contribution < -0.4 is 10.6 Å². The second-order valence-corrected chi connectivity index (χ2v) is 6.48.